The molecule has 0 aliphatic heterocycles. The van der Waals surface area contributed by atoms with E-state index in [-0.39, 0.29) is 23.1 Å². The molecule has 134 valence electrons. The Labute approximate surface area is 149 Å². The highest BCUT2D eigenvalue weighted by Crippen LogP contribution is 2.34. The summed E-state index contributed by atoms with van der Waals surface area (Å²) in [4.78, 5) is 11.5. The Kier molecular flexibility index (Phi) is 5.84. The van der Waals surface area contributed by atoms with E-state index in [1.807, 2.05) is 0 Å². The van der Waals surface area contributed by atoms with Crippen LogP contribution in [0.3, 0.4) is 0 Å². The molecule has 1 atom stereocenters. The van der Waals surface area contributed by atoms with Gasteiger partial charge < -0.3 is 9.84 Å². The zero-order valence-corrected chi connectivity index (χ0v) is 14.5. The predicted molar refractivity (Wildman–Crippen MR) is 85.5 cm³/mol. The number of aliphatic hydroxyl groups is 1. The smallest absolute Gasteiger partial charge is 0.416 e. The van der Waals surface area contributed by atoms with Crippen molar-refractivity contribution in [1.29, 1.82) is 0 Å². The first kappa shape index (κ1) is 19.4. The van der Waals surface area contributed by atoms with Gasteiger partial charge in [-0.25, -0.2) is 9.18 Å². The lowest BCUT2D eigenvalue weighted by atomic mass is 9.98. The van der Waals surface area contributed by atoms with E-state index in [9.17, 15) is 27.5 Å². The normalized spacial score (nSPS) is 12.8. The Morgan fingerprint density at radius 3 is 2.56 bits per heavy atom. The number of carbonyl (C=O) groups excluding carboxylic acids is 1. The van der Waals surface area contributed by atoms with Crippen LogP contribution >= 0.6 is 15.9 Å². The van der Waals surface area contributed by atoms with Crippen LogP contribution in [0.15, 0.2) is 40.9 Å². The highest BCUT2D eigenvalue weighted by atomic mass is 79.9. The zero-order valence-electron chi connectivity index (χ0n) is 12.9. The second-order valence-corrected chi connectivity index (χ2v) is 6.08. The number of hydrogen-bond donors (Lipinski definition) is 1. The molecule has 0 aromatic heterocycles. The lowest BCUT2D eigenvalue weighted by Gasteiger charge is -2.16. The van der Waals surface area contributed by atoms with Crippen LogP contribution in [-0.2, 0) is 17.3 Å². The van der Waals surface area contributed by atoms with Crippen LogP contribution in [0, 0.1) is 5.82 Å². The fraction of sp³-hybridized carbons (Fsp3) is 0.235. The number of esters is 1. The maximum atomic E-state index is 14.4. The van der Waals surface area contributed by atoms with Gasteiger partial charge in [0.25, 0.3) is 0 Å². The minimum absolute atomic E-state index is 0.158. The molecule has 0 aliphatic rings. The van der Waals surface area contributed by atoms with Crippen molar-refractivity contribution in [2.75, 3.05) is 7.11 Å². The maximum Gasteiger partial charge on any atom is 0.416 e. The second kappa shape index (κ2) is 7.53. The number of halogens is 5. The molecule has 0 amide bonds. The number of rotatable bonds is 4. The summed E-state index contributed by atoms with van der Waals surface area (Å²) in [5.41, 5.74) is -1.28. The van der Waals surface area contributed by atoms with Crippen molar-refractivity contribution in [3.8, 4) is 0 Å². The van der Waals surface area contributed by atoms with Gasteiger partial charge in [0.2, 0.25) is 0 Å². The van der Waals surface area contributed by atoms with Crippen LogP contribution in [0.4, 0.5) is 17.6 Å². The molecule has 25 heavy (non-hydrogen) atoms. The van der Waals surface area contributed by atoms with E-state index < -0.39 is 29.6 Å². The topological polar surface area (TPSA) is 46.5 Å². The van der Waals surface area contributed by atoms with Gasteiger partial charge in [0.1, 0.15) is 5.82 Å². The summed E-state index contributed by atoms with van der Waals surface area (Å²) in [5.74, 6) is -1.88. The molecular weight excluding hydrogens is 408 g/mol. The number of aliphatic hydroxyl groups excluding tert-OH is 1. The maximum absolute atomic E-state index is 14.4. The molecule has 0 saturated heterocycles. The van der Waals surface area contributed by atoms with Gasteiger partial charge in [0.05, 0.1) is 24.3 Å². The molecule has 0 fully saturated rings. The molecule has 3 nitrogen and oxygen atoms in total. The second-order valence-electron chi connectivity index (χ2n) is 5.22. The minimum atomic E-state index is -4.53. The summed E-state index contributed by atoms with van der Waals surface area (Å²) < 4.78 is 57.6. The molecule has 0 bridgehead atoms. The lowest BCUT2D eigenvalue weighted by Crippen LogP contribution is -2.11. The van der Waals surface area contributed by atoms with E-state index in [1.54, 1.807) is 0 Å². The van der Waals surface area contributed by atoms with Gasteiger partial charge in [-0.3, -0.25) is 0 Å². The zero-order chi connectivity index (χ0) is 18.8. The number of benzene rings is 2. The van der Waals surface area contributed by atoms with Gasteiger partial charge in [0.15, 0.2) is 0 Å². The Morgan fingerprint density at radius 1 is 1.28 bits per heavy atom. The van der Waals surface area contributed by atoms with E-state index in [2.05, 4.69) is 20.7 Å². The average molecular weight is 421 g/mol. The van der Waals surface area contributed by atoms with Gasteiger partial charge in [-0.15, -0.1) is 0 Å². The van der Waals surface area contributed by atoms with Gasteiger partial charge in [0, 0.05) is 16.5 Å². The largest absolute Gasteiger partial charge is 0.465 e. The third-order valence-electron chi connectivity index (χ3n) is 3.58. The fourth-order valence-corrected chi connectivity index (χ4v) is 2.71. The summed E-state index contributed by atoms with van der Waals surface area (Å²) in [7, 11) is 1.09. The SMILES string of the molecule is COC(=O)c1cccc(C(O)Cc2cc(C(F)(F)F)ccc2Br)c1F. The molecule has 1 unspecified atom stereocenters. The first-order chi connectivity index (χ1) is 11.6. The Morgan fingerprint density at radius 2 is 1.96 bits per heavy atom. The molecule has 2 aromatic carbocycles. The Bertz CT molecular complexity index is 790. The lowest BCUT2D eigenvalue weighted by molar-refractivity contribution is -0.137. The first-order valence-electron chi connectivity index (χ1n) is 7.05. The Hall–Kier alpha value is -1.93. The van der Waals surface area contributed by atoms with Crippen molar-refractivity contribution in [1.82, 2.24) is 0 Å². The molecule has 0 saturated carbocycles. The van der Waals surface area contributed by atoms with Crippen LogP contribution in [0.1, 0.15) is 33.2 Å². The number of ether oxygens (including phenoxy) is 1. The predicted octanol–water partition coefficient (Wildman–Crippen LogP) is 4.67. The van der Waals surface area contributed by atoms with Crippen LogP contribution in [0.2, 0.25) is 0 Å². The summed E-state index contributed by atoms with van der Waals surface area (Å²) >= 11 is 3.12. The number of hydrogen-bond acceptors (Lipinski definition) is 3. The van der Waals surface area contributed by atoms with Crippen LogP contribution in [0.25, 0.3) is 0 Å². The van der Waals surface area contributed by atoms with E-state index in [0.29, 0.717) is 4.47 Å². The first-order valence-corrected chi connectivity index (χ1v) is 7.85. The van der Waals surface area contributed by atoms with Gasteiger partial charge in [-0.1, -0.05) is 28.1 Å². The molecule has 2 aromatic rings. The molecule has 0 radical (unpaired) electrons. The monoisotopic (exact) mass is 420 g/mol. The highest BCUT2D eigenvalue weighted by molar-refractivity contribution is 9.10. The van der Waals surface area contributed by atoms with Crippen molar-refractivity contribution >= 4 is 21.9 Å². The van der Waals surface area contributed by atoms with Crippen LogP contribution < -0.4 is 0 Å². The van der Waals surface area contributed by atoms with Crippen molar-refractivity contribution in [3.63, 3.8) is 0 Å². The molecule has 0 spiro atoms. The molecule has 1 N–H and O–H groups in total. The third-order valence-corrected chi connectivity index (χ3v) is 4.35. The van der Waals surface area contributed by atoms with Crippen LogP contribution in [-0.4, -0.2) is 18.2 Å². The van der Waals surface area contributed by atoms with E-state index in [1.165, 1.54) is 24.3 Å². The minimum Gasteiger partial charge on any atom is -0.465 e. The number of methoxy groups -OCH3 is 1. The standard InChI is InChI=1S/C17H13BrF4O3/c1-25-16(24)12-4-2-3-11(15(12)19)14(23)8-9-7-10(17(20,21)22)5-6-13(9)18/h2-7,14,23H,8H2,1H3. The van der Waals surface area contributed by atoms with E-state index in [4.69, 9.17) is 0 Å². The fourth-order valence-electron chi connectivity index (χ4n) is 2.30. The average Bonchev–Trinajstić information content (AvgIpc) is 2.55. The molecule has 8 heteroatoms. The number of carbonyl (C=O) groups is 1. The van der Waals surface area contributed by atoms with E-state index in [0.717, 1.165) is 19.2 Å². The third kappa shape index (κ3) is 4.38. The van der Waals surface area contributed by atoms with Crippen LogP contribution in [0.5, 0.6) is 0 Å². The number of alkyl halides is 3. The molecule has 2 rings (SSSR count). The van der Waals surface area contributed by atoms with Crippen molar-refractivity contribution in [2.45, 2.75) is 18.7 Å². The van der Waals surface area contributed by atoms with E-state index >= 15 is 0 Å². The van der Waals surface area contributed by atoms with Crippen molar-refractivity contribution in [2.24, 2.45) is 0 Å². The highest BCUT2D eigenvalue weighted by Gasteiger charge is 2.31. The quantitative estimate of drug-likeness (QED) is 0.577. The van der Waals surface area contributed by atoms with Crippen molar-refractivity contribution in [3.05, 3.63) is 68.9 Å². The van der Waals surface area contributed by atoms with Crippen molar-refractivity contribution < 1.29 is 32.2 Å². The molecule has 0 aliphatic carbocycles. The van der Waals surface area contributed by atoms with Gasteiger partial charge in [-0.05, 0) is 29.8 Å². The Balaban J connectivity index is 2.35. The summed E-state index contributed by atoms with van der Waals surface area (Å²) in [6.45, 7) is 0. The van der Waals surface area contributed by atoms with Gasteiger partial charge >= 0.3 is 12.1 Å². The summed E-state index contributed by atoms with van der Waals surface area (Å²) in [5, 5.41) is 10.3. The summed E-state index contributed by atoms with van der Waals surface area (Å²) in [6.07, 6.45) is -6.24. The molecular formula is C17H13BrF4O3. The summed E-state index contributed by atoms with van der Waals surface area (Å²) in [6, 6.07) is 6.81. The van der Waals surface area contributed by atoms with Gasteiger partial charge in [-0.2, -0.15) is 13.2 Å². The molecule has 0 heterocycles.